The third-order valence-electron chi connectivity index (χ3n) is 6.49. The Hall–Kier alpha value is -0.0800. The van der Waals surface area contributed by atoms with Crippen molar-refractivity contribution in [3.63, 3.8) is 0 Å². The molecule has 2 nitrogen and oxygen atoms in total. The van der Waals surface area contributed by atoms with E-state index in [1.54, 1.807) is 0 Å². The third kappa shape index (κ3) is 3.82. The van der Waals surface area contributed by atoms with Crippen molar-refractivity contribution in [2.24, 2.45) is 17.8 Å². The van der Waals surface area contributed by atoms with Gasteiger partial charge in [0, 0.05) is 11.6 Å². The fraction of sp³-hybridized carbons (Fsp3) is 1.00. The number of nitrogens with zero attached hydrogens (tertiary/aromatic N) is 1. The van der Waals surface area contributed by atoms with Crippen LogP contribution in [0.1, 0.15) is 73.1 Å². The van der Waals surface area contributed by atoms with E-state index in [-0.39, 0.29) is 5.54 Å². The lowest BCUT2D eigenvalue weighted by Gasteiger charge is -2.45. The molecule has 0 radical (unpaired) electrons. The number of rotatable bonds is 9. The Balaban J connectivity index is 2.02. The topological polar surface area (TPSA) is 15.3 Å². The Morgan fingerprint density at radius 3 is 2.29 bits per heavy atom. The molecular weight excluding hydrogens is 256 g/mol. The Kier molecular flexibility index (Phi) is 6.14. The van der Waals surface area contributed by atoms with Crippen LogP contribution in [0.3, 0.4) is 0 Å². The number of hydrogen-bond acceptors (Lipinski definition) is 2. The fourth-order valence-corrected chi connectivity index (χ4v) is 5.17. The molecule has 0 saturated heterocycles. The van der Waals surface area contributed by atoms with Crippen LogP contribution in [0.4, 0.5) is 0 Å². The highest BCUT2D eigenvalue weighted by Gasteiger charge is 2.43. The van der Waals surface area contributed by atoms with Crippen molar-refractivity contribution < 1.29 is 0 Å². The molecule has 2 aliphatic carbocycles. The summed E-state index contributed by atoms with van der Waals surface area (Å²) in [6.07, 6.45) is 8.72. The summed E-state index contributed by atoms with van der Waals surface area (Å²) in [7, 11) is 0. The minimum atomic E-state index is 0.264. The average molecular weight is 295 g/mol. The highest BCUT2D eigenvalue weighted by Crippen LogP contribution is 2.50. The minimum Gasteiger partial charge on any atom is -0.312 e. The normalized spacial score (nSPS) is 30.3. The molecule has 0 spiro atoms. The summed E-state index contributed by atoms with van der Waals surface area (Å²) in [6.45, 7) is 15.3. The van der Waals surface area contributed by atoms with Gasteiger partial charge in [-0.25, -0.2) is 0 Å². The second-order valence-corrected chi connectivity index (χ2v) is 8.00. The van der Waals surface area contributed by atoms with Gasteiger partial charge in [0.05, 0.1) is 0 Å². The minimum absolute atomic E-state index is 0.264. The first-order valence-electron chi connectivity index (χ1n) is 9.51. The molecule has 1 N–H and O–H groups in total. The molecule has 2 aliphatic rings. The quantitative estimate of drug-likeness (QED) is 0.682. The summed E-state index contributed by atoms with van der Waals surface area (Å²) in [5.41, 5.74) is 0.264. The smallest absolute Gasteiger partial charge is 0.0306 e. The second kappa shape index (κ2) is 7.46. The first kappa shape index (κ1) is 17.3. The van der Waals surface area contributed by atoms with E-state index in [9.17, 15) is 0 Å². The molecule has 2 fully saturated rings. The lowest BCUT2D eigenvalue weighted by Crippen LogP contribution is -2.58. The van der Waals surface area contributed by atoms with Gasteiger partial charge in [0.1, 0.15) is 0 Å². The van der Waals surface area contributed by atoms with Crippen LogP contribution >= 0.6 is 0 Å². The lowest BCUT2D eigenvalue weighted by atomic mass is 9.78. The van der Waals surface area contributed by atoms with E-state index in [2.05, 4.69) is 44.8 Å². The Morgan fingerprint density at radius 2 is 1.81 bits per heavy atom. The van der Waals surface area contributed by atoms with Gasteiger partial charge in [-0.1, -0.05) is 27.2 Å². The molecule has 21 heavy (non-hydrogen) atoms. The maximum Gasteiger partial charge on any atom is 0.0306 e. The van der Waals surface area contributed by atoms with Gasteiger partial charge in [-0.2, -0.15) is 0 Å². The summed E-state index contributed by atoms with van der Waals surface area (Å²) in [5, 5.41) is 3.90. The standard InChI is InChI=1S/C19H38N2/c1-6-11-20-18(19(4,5)21(7-2)8-3)14-17-13-15-9-10-16(17)12-15/h15-18,20H,6-14H2,1-5H3. The third-order valence-corrected chi connectivity index (χ3v) is 6.49. The zero-order valence-corrected chi connectivity index (χ0v) is 15.1. The molecule has 0 aliphatic heterocycles. The van der Waals surface area contributed by atoms with Crippen LogP contribution in [0, 0.1) is 17.8 Å². The molecule has 2 bridgehead atoms. The molecule has 2 saturated carbocycles. The monoisotopic (exact) mass is 294 g/mol. The van der Waals surface area contributed by atoms with E-state index in [1.165, 1.54) is 38.5 Å². The summed E-state index contributed by atoms with van der Waals surface area (Å²) < 4.78 is 0. The molecule has 0 amide bonds. The predicted octanol–water partition coefficient (Wildman–Crippen LogP) is 4.30. The molecule has 0 aromatic heterocycles. The van der Waals surface area contributed by atoms with Crippen LogP contribution < -0.4 is 5.32 Å². The van der Waals surface area contributed by atoms with Crippen molar-refractivity contribution >= 4 is 0 Å². The Labute approximate surface area is 133 Å². The average Bonchev–Trinajstić information content (AvgIpc) is 3.06. The van der Waals surface area contributed by atoms with Crippen LogP contribution in [0.2, 0.25) is 0 Å². The molecule has 4 unspecified atom stereocenters. The number of fused-ring (bicyclic) bond motifs is 2. The van der Waals surface area contributed by atoms with Crippen molar-refractivity contribution in [3.8, 4) is 0 Å². The van der Waals surface area contributed by atoms with Gasteiger partial charge in [0.15, 0.2) is 0 Å². The van der Waals surface area contributed by atoms with Crippen LogP contribution in [-0.2, 0) is 0 Å². The van der Waals surface area contributed by atoms with Crippen LogP contribution in [0.15, 0.2) is 0 Å². The van der Waals surface area contributed by atoms with Gasteiger partial charge in [-0.05, 0) is 83.3 Å². The second-order valence-electron chi connectivity index (χ2n) is 8.00. The molecule has 2 heteroatoms. The first-order chi connectivity index (χ1) is 10.0. The van der Waals surface area contributed by atoms with Gasteiger partial charge >= 0.3 is 0 Å². The predicted molar refractivity (Wildman–Crippen MR) is 92.6 cm³/mol. The molecule has 124 valence electrons. The summed E-state index contributed by atoms with van der Waals surface area (Å²) in [4.78, 5) is 2.65. The highest BCUT2D eigenvalue weighted by atomic mass is 15.2. The van der Waals surface area contributed by atoms with Crippen molar-refractivity contribution in [1.82, 2.24) is 10.2 Å². The van der Waals surface area contributed by atoms with Crippen LogP contribution in [0.25, 0.3) is 0 Å². The molecule has 4 atom stereocenters. The van der Waals surface area contributed by atoms with Gasteiger partial charge in [0.2, 0.25) is 0 Å². The molecule has 0 aromatic carbocycles. The van der Waals surface area contributed by atoms with E-state index in [0.717, 1.165) is 37.4 Å². The van der Waals surface area contributed by atoms with Crippen molar-refractivity contribution in [3.05, 3.63) is 0 Å². The zero-order chi connectivity index (χ0) is 15.5. The van der Waals surface area contributed by atoms with Gasteiger partial charge in [0.25, 0.3) is 0 Å². The van der Waals surface area contributed by atoms with E-state index in [0.29, 0.717) is 6.04 Å². The highest BCUT2D eigenvalue weighted by molar-refractivity contribution is 4.98. The van der Waals surface area contributed by atoms with Gasteiger partial charge < -0.3 is 5.32 Å². The summed E-state index contributed by atoms with van der Waals surface area (Å²) in [6, 6.07) is 0.640. The largest absolute Gasteiger partial charge is 0.312 e. The number of hydrogen-bond donors (Lipinski definition) is 1. The van der Waals surface area contributed by atoms with Crippen molar-refractivity contribution in [2.45, 2.75) is 84.7 Å². The maximum atomic E-state index is 3.90. The van der Waals surface area contributed by atoms with E-state index in [4.69, 9.17) is 0 Å². The van der Waals surface area contributed by atoms with Gasteiger partial charge in [-0.15, -0.1) is 0 Å². The fourth-order valence-electron chi connectivity index (χ4n) is 5.17. The van der Waals surface area contributed by atoms with Gasteiger partial charge in [-0.3, -0.25) is 4.90 Å². The molecular formula is C19H38N2. The van der Waals surface area contributed by atoms with Crippen LogP contribution in [0.5, 0.6) is 0 Å². The molecule has 0 heterocycles. The Bertz CT molecular complexity index is 309. The lowest BCUT2D eigenvalue weighted by molar-refractivity contribution is 0.0743. The SMILES string of the molecule is CCCNC(CC1CC2CCC1C2)C(C)(C)N(CC)CC. The number of nitrogens with one attached hydrogen (secondary N) is 1. The number of likely N-dealkylation sites (N-methyl/N-ethyl adjacent to an activating group) is 1. The van der Waals surface area contributed by atoms with E-state index < -0.39 is 0 Å². The summed E-state index contributed by atoms with van der Waals surface area (Å²) in [5.74, 6) is 3.12. The first-order valence-corrected chi connectivity index (χ1v) is 9.51. The van der Waals surface area contributed by atoms with E-state index in [1.807, 2.05) is 0 Å². The zero-order valence-electron chi connectivity index (χ0n) is 15.1. The molecule has 0 aromatic rings. The van der Waals surface area contributed by atoms with E-state index >= 15 is 0 Å². The Morgan fingerprint density at radius 1 is 1.10 bits per heavy atom. The molecule has 2 rings (SSSR count). The van der Waals surface area contributed by atoms with Crippen molar-refractivity contribution in [2.75, 3.05) is 19.6 Å². The van der Waals surface area contributed by atoms with Crippen LogP contribution in [-0.4, -0.2) is 36.1 Å². The summed E-state index contributed by atoms with van der Waals surface area (Å²) >= 11 is 0. The maximum absolute atomic E-state index is 3.90. The van der Waals surface area contributed by atoms with Crippen molar-refractivity contribution in [1.29, 1.82) is 0 Å².